The smallest absolute Gasteiger partial charge is 0.0670 e. The van der Waals surface area contributed by atoms with Gasteiger partial charge in [-0.05, 0) is 30.2 Å². The van der Waals surface area contributed by atoms with E-state index in [0.717, 1.165) is 5.56 Å². The monoisotopic (exact) mass is 209 g/mol. The van der Waals surface area contributed by atoms with E-state index in [0.29, 0.717) is 6.42 Å². The molecule has 0 bridgehead atoms. The summed E-state index contributed by atoms with van der Waals surface area (Å²) in [4.78, 5) is 2.47. The van der Waals surface area contributed by atoms with E-state index in [4.69, 9.17) is 5.26 Å². The summed E-state index contributed by atoms with van der Waals surface area (Å²) < 4.78 is 0. The molecule has 0 heterocycles. The average Bonchev–Trinajstić information content (AvgIpc) is 2.19. The first kappa shape index (κ1) is 10.5. The molecule has 0 unspecified atom stereocenters. The highest BCUT2D eigenvalue weighted by atomic mass is 32.2. The molecule has 1 aromatic carbocycles. The second-order valence-electron chi connectivity index (χ2n) is 2.51. The van der Waals surface area contributed by atoms with Crippen LogP contribution in [0.5, 0.6) is 0 Å². The van der Waals surface area contributed by atoms with Crippen molar-refractivity contribution in [1.29, 1.82) is 5.26 Å². The molecule has 0 saturated carbocycles. The Morgan fingerprint density at radius 2 is 2.08 bits per heavy atom. The van der Waals surface area contributed by atoms with Gasteiger partial charge in [-0.1, -0.05) is 6.07 Å². The van der Waals surface area contributed by atoms with E-state index in [-0.39, 0.29) is 0 Å². The molecule has 68 valence electrons. The summed E-state index contributed by atoms with van der Waals surface area (Å²) in [6, 6.07) is 8.43. The Hall–Kier alpha value is -0.590. The van der Waals surface area contributed by atoms with Crippen LogP contribution in [0.25, 0.3) is 0 Å². The maximum atomic E-state index is 8.60. The van der Waals surface area contributed by atoms with Crippen molar-refractivity contribution in [3.8, 4) is 6.07 Å². The van der Waals surface area contributed by atoms with Crippen LogP contribution in [-0.4, -0.2) is 12.5 Å². The molecular formula is C10H11NS2. The topological polar surface area (TPSA) is 23.8 Å². The van der Waals surface area contributed by atoms with Gasteiger partial charge in [0.25, 0.3) is 0 Å². The Kier molecular flexibility index (Phi) is 4.20. The number of hydrogen-bond donors (Lipinski definition) is 0. The predicted octanol–water partition coefficient (Wildman–Crippen LogP) is 3.20. The lowest BCUT2D eigenvalue weighted by atomic mass is 10.2. The van der Waals surface area contributed by atoms with Gasteiger partial charge in [-0.2, -0.15) is 5.26 Å². The van der Waals surface area contributed by atoms with Crippen LogP contribution in [0.1, 0.15) is 5.56 Å². The molecule has 0 radical (unpaired) electrons. The average molecular weight is 209 g/mol. The first-order valence-electron chi connectivity index (χ1n) is 3.89. The second kappa shape index (κ2) is 5.21. The molecule has 0 aliphatic carbocycles. The first-order chi connectivity index (χ1) is 6.31. The summed E-state index contributed by atoms with van der Waals surface area (Å²) >= 11 is 3.43. The highest BCUT2D eigenvalue weighted by Gasteiger charge is 2.01. The van der Waals surface area contributed by atoms with Gasteiger partial charge < -0.3 is 0 Å². The van der Waals surface area contributed by atoms with Crippen molar-refractivity contribution >= 4 is 23.5 Å². The Labute approximate surface area is 87.5 Å². The molecule has 0 aromatic heterocycles. The van der Waals surface area contributed by atoms with Crippen molar-refractivity contribution in [2.75, 3.05) is 12.5 Å². The van der Waals surface area contributed by atoms with Crippen molar-refractivity contribution in [3.63, 3.8) is 0 Å². The molecule has 0 saturated heterocycles. The minimum Gasteiger partial charge on any atom is -0.198 e. The van der Waals surface area contributed by atoms with Crippen LogP contribution in [0, 0.1) is 11.3 Å². The third kappa shape index (κ3) is 2.68. The third-order valence-electron chi connectivity index (χ3n) is 1.76. The lowest BCUT2D eigenvalue weighted by Crippen LogP contribution is -1.86. The first-order valence-corrected chi connectivity index (χ1v) is 6.34. The van der Waals surface area contributed by atoms with Crippen LogP contribution in [0.4, 0.5) is 0 Å². The SMILES string of the molecule is CSc1ccc(CC#N)c(SC)c1. The zero-order valence-corrected chi connectivity index (χ0v) is 9.34. The summed E-state index contributed by atoms with van der Waals surface area (Å²) in [5.74, 6) is 0. The zero-order valence-electron chi connectivity index (χ0n) is 7.70. The van der Waals surface area contributed by atoms with E-state index in [1.54, 1.807) is 23.5 Å². The van der Waals surface area contributed by atoms with Gasteiger partial charge >= 0.3 is 0 Å². The minimum absolute atomic E-state index is 0.505. The molecule has 0 aliphatic heterocycles. The highest BCUT2D eigenvalue weighted by Crippen LogP contribution is 2.26. The molecule has 0 aliphatic rings. The van der Waals surface area contributed by atoms with E-state index in [2.05, 4.69) is 24.5 Å². The van der Waals surface area contributed by atoms with Gasteiger partial charge in [0.1, 0.15) is 0 Å². The van der Waals surface area contributed by atoms with Gasteiger partial charge in [-0.25, -0.2) is 0 Å². The highest BCUT2D eigenvalue weighted by molar-refractivity contribution is 7.99. The largest absolute Gasteiger partial charge is 0.198 e. The molecule has 13 heavy (non-hydrogen) atoms. The maximum Gasteiger partial charge on any atom is 0.0670 e. The van der Waals surface area contributed by atoms with Crippen molar-refractivity contribution < 1.29 is 0 Å². The van der Waals surface area contributed by atoms with Gasteiger partial charge in [-0.3, -0.25) is 0 Å². The molecule has 1 aromatic rings. The Morgan fingerprint density at radius 1 is 1.31 bits per heavy atom. The van der Waals surface area contributed by atoms with E-state index >= 15 is 0 Å². The maximum absolute atomic E-state index is 8.60. The van der Waals surface area contributed by atoms with Gasteiger partial charge in [0.05, 0.1) is 12.5 Å². The molecule has 1 nitrogen and oxygen atoms in total. The molecule has 1 rings (SSSR count). The normalized spacial score (nSPS) is 9.62. The number of thioether (sulfide) groups is 2. The van der Waals surface area contributed by atoms with Crippen molar-refractivity contribution in [3.05, 3.63) is 23.8 Å². The summed E-state index contributed by atoms with van der Waals surface area (Å²) in [6.45, 7) is 0. The summed E-state index contributed by atoms with van der Waals surface area (Å²) in [5, 5.41) is 8.60. The van der Waals surface area contributed by atoms with Gasteiger partial charge in [-0.15, -0.1) is 23.5 Å². The standard InChI is InChI=1S/C10H11NS2/c1-12-9-4-3-8(5-6-11)10(7-9)13-2/h3-4,7H,5H2,1-2H3. The lowest BCUT2D eigenvalue weighted by Gasteiger charge is -2.05. The molecule has 0 fully saturated rings. The van der Waals surface area contributed by atoms with Crippen LogP contribution < -0.4 is 0 Å². The van der Waals surface area contributed by atoms with Crippen LogP contribution in [0.3, 0.4) is 0 Å². The van der Waals surface area contributed by atoms with Crippen LogP contribution >= 0.6 is 23.5 Å². The molecule has 0 spiro atoms. The fraction of sp³-hybridized carbons (Fsp3) is 0.300. The van der Waals surface area contributed by atoms with E-state index in [9.17, 15) is 0 Å². The van der Waals surface area contributed by atoms with Crippen molar-refractivity contribution in [2.45, 2.75) is 16.2 Å². The third-order valence-corrected chi connectivity index (χ3v) is 3.31. The number of rotatable bonds is 3. The molecule has 0 amide bonds. The molecule has 0 atom stereocenters. The number of hydrogen-bond acceptors (Lipinski definition) is 3. The van der Waals surface area contributed by atoms with Gasteiger partial charge in [0, 0.05) is 9.79 Å². The molecule has 0 N–H and O–H groups in total. The minimum atomic E-state index is 0.505. The number of nitrogens with zero attached hydrogens (tertiary/aromatic N) is 1. The summed E-state index contributed by atoms with van der Waals surface area (Å²) in [7, 11) is 0. The number of benzene rings is 1. The quantitative estimate of drug-likeness (QED) is 0.714. The van der Waals surface area contributed by atoms with E-state index < -0.39 is 0 Å². The van der Waals surface area contributed by atoms with Crippen LogP contribution in [0.2, 0.25) is 0 Å². The second-order valence-corrected chi connectivity index (χ2v) is 4.24. The Balaban J connectivity index is 3.02. The van der Waals surface area contributed by atoms with Crippen LogP contribution in [-0.2, 0) is 6.42 Å². The lowest BCUT2D eigenvalue weighted by molar-refractivity contribution is 1.15. The Morgan fingerprint density at radius 3 is 2.62 bits per heavy atom. The van der Waals surface area contributed by atoms with E-state index in [1.165, 1.54) is 9.79 Å². The van der Waals surface area contributed by atoms with Gasteiger partial charge in [0.2, 0.25) is 0 Å². The number of nitriles is 1. The molecular weight excluding hydrogens is 198 g/mol. The summed E-state index contributed by atoms with van der Waals surface area (Å²) in [5.41, 5.74) is 1.13. The summed E-state index contributed by atoms with van der Waals surface area (Å²) in [6.07, 6.45) is 4.61. The molecule has 3 heteroatoms. The van der Waals surface area contributed by atoms with Gasteiger partial charge in [0.15, 0.2) is 0 Å². The fourth-order valence-corrected chi connectivity index (χ4v) is 2.24. The van der Waals surface area contributed by atoms with Crippen molar-refractivity contribution in [2.24, 2.45) is 0 Å². The van der Waals surface area contributed by atoms with Crippen LogP contribution in [0.15, 0.2) is 28.0 Å². The Bertz CT molecular complexity index is 328. The zero-order chi connectivity index (χ0) is 9.68. The fourth-order valence-electron chi connectivity index (χ4n) is 1.08. The van der Waals surface area contributed by atoms with Crippen molar-refractivity contribution in [1.82, 2.24) is 0 Å². The van der Waals surface area contributed by atoms with E-state index in [1.807, 2.05) is 12.3 Å². The predicted molar refractivity (Wildman–Crippen MR) is 59.3 cm³/mol.